The summed E-state index contributed by atoms with van der Waals surface area (Å²) < 4.78 is 5.46. The molecule has 0 saturated carbocycles. The zero-order valence-electron chi connectivity index (χ0n) is 42.8. The molecule has 0 radical (unpaired) electrons. The van der Waals surface area contributed by atoms with Crippen LogP contribution >= 0.6 is 0 Å². The summed E-state index contributed by atoms with van der Waals surface area (Å²) in [5, 5.41) is 23.0. The van der Waals surface area contributed by atoms with E-state index >= 15 is 0 Å². The number of ether oxygens (including phenoxy) is 1. The first-order valence-electron chi connectivity index (χ1n) is 28.3. The van der Waals surface area contributed by atoms with Crippen molar-refractivity contribution in [3.05, 3.63) is 36.5 Å². The van der Waals surface area contributed by atoms with Crippen molar-refractivity contribution in [1.82, 2.24) is 5.32 Å². The summed E-state index contributed by atoms with van der Waals surface area (Å²) >= 11 is 0. The molecule has 6 nitrogen and oxygen atoms in total. The van der Waals surface area contributed by atoms with Crippen molar-refractivity contribution in [2.75, 3.05) is 13.2 Å². The molecular formula is C58H109NO5. The average molecular weight is 901 g/mol. The number of esters is 1. The predicted octanol–water partition coefficient (Wildman–Crippen LogP) is 17.2. The quantitative estimate of drug-likeness (QED) is 0.0321. The standard InChI is InChI=1S/C58H109NO5/c1-3-5-7-9-11-13-30-34-38-42-46-50-56(61)55(54-60)59-57(62)51-47-43-39-35-32-28-26-24-22-20-18-16-15-17-19-21-23-25-27-29-33-37-41-45-49-53-64-58(63)52-48-44-40-36-31-14-12-10-8-6-4-2/h16-19,46,50,55-56,60-61H,3-15,20-45,47-49,51-54H2,1-2H3,(H,59,62)/b18-16-,19-17-,50-46+. The lowest BCUT2D eigenvalue weighted by atomic mass is 10.0. The van der Waals surface area contributed by atoms with Gasteiger partial charge in [0.05, 0.1) is 25.4 Å². The van der Waals surface area contributed by atoms with Gasteiger partial charge in [0.1, 0.15) is 0 Å². The number of amides is 1. The van der Waals surface area contributed by atoms with E-state index in [-0.39, 0.29) is 18.5 Å². The average Bonchev–Trinajstić information content (AvgIpc) is 3.29. The molecule has 0 aromatic heterocycles. The summed E-state index contributed by atoms with van der Waals surface area (Å²) in [7, 11) is 0. The molecule has 1 amide bonds. The van der Waals surface area contributed by atoms with Crippen LogP contribution in [0.5, 0.6) is 0 Å². The maximum absolute atomic E-state index is 12.4. The van der Waals surface area contributed by atoms with Crippen molar-refractivity contribution in [3.8, 4) is 0 Å². The van der Waals surface area contributed by atoms with E-state index in [1.165, 1.54) is 225 Å². The molecule has 0 bridgehead atoms. The molecule has 64 heavy (non-hydrogen) atoms. The van der Waals surface area contributed by atoms with Gasteiger partial charge in [0, 0.05) is 12.8 Å². The third kappa shape index (κ3) is 49.5. The second kappa shape index (κ2) is 53.7. The van der Waals surface area contributed by atoms with Crippen LogP contribution in [0.3, 0.4) is 0 Å². The largest absolute Gasteiger partial charge is 0.466 e. The molecule has 0 heterocycles. The van der Waals surface area contributed by atoms with Gasteiger partial charge in [0.25, 0.3) is 0 Å². The van der Waals surface area contributed by atoms with E-state index in [1.807, 2.05) is 6.08 Å². The Morgan fingerprint density at radius 2 is 0.781 bits per heavy atom. The van der Waals surface area contributed by atoms with E-state index < -0.39 is 12.1 Å². The fourth-order valence-corrected chi connectivity index (χ4v) is 8.55. The number of hydrogen-bond acceptors (Lipinski definition) is 5. The summed E-state index contributed by atoms with van der Waals surface area (Å²) in [6.45, 7) is 4.88. The molecule has 2 atom stereocenters. The van der Waals surface area contributed by atoms with E-state index in [1.54, 1.807) is 6.08 Å². The number of carbonyl (C=O) groups is 2. The molecule has 0 aliphatic heterocycles. The van der Waals surface area contributed by atoms with Gasteiger partial charge in [-0.05, 0) is 64.2 Å². The Kier molecular flexibility index (Phi) is 52.1. The van der Waals surface area contributed by atoms with Crippen LogP contribution in [0.4, 0.5) is 0 Å². The molecule has 376 valence electrons. The van der Waals surface area contributed by atoms with Crippen molar-refractivity contribution in [3.63, 3.8) is 0 Å². The highest BCUT2D eigenvalue weighted by Gasteiger charge is 2.18. The fraction of sp³-hybridized carbons (Fsp3) is 0.862. The maximum atomic E-state index is 12.4. The SMILES string of the molecule is CCCCCCCCCCC/C=C/C(O)C(CO)NC(=O)CCCCCCCCCCC/C=C\C/C=C\CCCCCCCCCCCOC(=O)CCCCCCCCCCCCC. The van der Waals surface area contributed by atoms with E-state index in [2.05, 4.69) is 43.5 Å². The first kappa shape index (κ1) is 62.1. The Hall–Kier alpha value is -1.92. The van der Waals surface area contributed by atoms with E-state index in [0.717, 1.165) is 44.9 Å². The normalized spacial score (nSPS) is 12.9. The Labute approximate surface area is 398 Å². The van der Waals surface area contributed by atoms with Gasteiger partial charge in [-0.1, -0.05) is 256 Å². The molecular weight excluding hydrogens is 791 g/mol. The van der Waals surface area contributed by atoms with Crippen LogP contribution < -0.4 is 5.32 Å². The Balaban J connectivity index is 3.45. The minimum Gasteiger partial charge on any atom is -0.466 e. The van der Waals surface area contributed by atoms with Gasteiger partial charge in [-0.25, -0.2) is 0 Å². The Morgan fingerprint density at radius 3 is 1.19 bits per heavy atom. The van der Waals surface area contributed by atoms with Crippen molar-refractivity contribution in [1.29, 1.82) is 0 Å². The lowest BCUT2D eigenvalue weighted by Gasteiger charge is -2.20. The van der Waals surface area contributed by atoms with Crippen molar-refractivity contribution in [2.45, 2.75) is 309 Å². The second-order valence-electron chi connectivity index (χ2n) is 19.3. The van der Waals surface area contributed by atoms with Crippen LogP contribution in [0.1, 0.15) is 296 Å². The van der Waals surface area contributed by atoms with Gasteiger partial charge in [0.2, 0.25) is 5.91 Å². The zero-order chi connectivity index (χ0) is 46.5. The summed E-state index contributed by atoms with van der Waals surface area (Å²) in [5.74, 6) is -0.0678. The highest BCUT2D eigenvalue weighted by Crippen LogP contribution is 2.16. The summed E-state index contributed by atoms with van der Waals surface area (Å²) in [6, 6.07) is -0.631. The minimum absolute atomic E-state index is 0.00776. The highest BCUT2D eigenvalue weighted by atomic mass is 16.5. The number of aliphatic hydroxyl groups excluding tert-OH is 2. The molecule has 0 aliphatic carbocycles. The van der Waals surface area contributed by atoms with Gasteiger partial charge in [-0.3, -0.25) is 9.59 Å². The lowest BCUT2D eigenvalue weighted by molar-refractivity contribution is -0.143. The molecule has 0 aromatic carbocycles. The number of aliphatic hydroxyl groups is 2. The topological polar surface area (TPSA) is 95.9 Å². The third-order valence-corrected chi connectivity index (χ3v) is 12.9. The van der Waals surface area contributed by atoms with Gasteiger partial charge in [0.15, 0.2) is 0 Å². The molecule has 3 N–H and O–H groups in total. The number of hydrogen-bond donors (Lipinski definition) is 3. The number of allylic oxidation sites excluding steroid dienone is 5. The number of carbonyl (C=O) groups excluding carboxylic acids is 2. The second-order valence-corrected chi connectivity index (χ2v) is 19.3. The predicted molar refractivity (Wildman–Crippen MR) is 278 cm³/mol. The first-order chi connectivity index (χ1) is 31.5. The fourth-order valence-electron chi connectivity index (χ4n) is 8.55. The summed E-state index contributed by atoms with van der Waals surface area (Å²) in [5.41, 5.74) is 0. The molecule has 0 spiro atoms. The molecule has 0 fully saturated rings. The monoisotopic (exact) mass is 900 g/mol. The third-order valence-electron chi connectivity index (χ3n) is 12.9. The van der Waals surface area contributed by atoms with Crippen LogP contribution in [-0.4, -0.2) is 47.4 Å². The van der Waals surface area contributed by atoms with E-state index in [4.69, 9.17) is 4.74 Å². The van der Waals surface area contributed by atoms with Gasteiger partial charge in [-0.2, -0.15) is 0 Å². The van der Waals surface area contributed by atoms with Crippen molar-refractivity contribution < 1.29 is 24.5 Å². The zero-order valence-corrected chi connectivity index (χ0v) is 42.8. The summed E-state index contributed by atoms with van der Waals surface area (Å²) in [6.07, 6.45) is 66.0. The maximum Gasteiger partial charge on any atom is 0.305 e. The molecule has 0 rings (SSSR count). The van der Waals surface area contributed by atoms with Crippen LogP contribution in [0.2, 0.25) is 0 Å². The van der Waals surface area contributed by atoms with E-state index in [9.17, 15) is 19.8 Å². The van der Waals surface area contributed by atoms with Gasteiger partial charge in [-0.15, -0.1) is 0 Å². The molecule has 0 saturated heterocycles. The van der Waals surface area contributed by atoms with Crippen LogP contribution in [0, 0.1) is 0 Å². The molecule has 0 aliphatic rings. The van der Waals surface area contributed by atoms with Crippen molar-refractivity contribution in [2.24, 2.45) is 0 Å². The first-order valence-corrected chi connectivity index (χ1v) is 28.3. The van der Waals surface area contributed by atoms with Gasteiger partial charge < -0.3 is 20.3 Å². The van der Waals surface area contributed by atoms with Crippen LogP contribution in [0.15, 0.2) is 36.5 Å². The number of unbranched alkanes of at least 4 members (excludes halogenated alkanes) is 37. The highest BCUT2D eigenvalue weighted by molar-refractivity contribution is 5.76. The van der Waals surface area contributed by atoms with Crippen LogP contribution in [-0.2, 0) is 14.3 Å². The van der Waals surface area contributed by atoms with Crippen LogP contribution in [0.25, 0.3) is 0 Å². The molecule has 6 heteroatoms. The van der Waals surface area contributed by atoms with E-state index in [0.29, 0.717) is 19.4 Å². The Bertz CT molecular complexity index is 1040. The Morgan fingerprint density at radius 1 is 0.438 bits per heavy atom. The minimum atomic E-state index is -0.847. The van der Waals surface area contributed by atoms with Gasteiger partial charge >= 0.3 is 5.97 Å². The lowest BCUT2D eigenvalue weighted by Crippen LogP contribution is -2.45. The molecule has 2 unspecified atom stereocenters. The number of rotatable bonds is 52. The smallest absolute Gasteiger partial charge is 0.305 e. The molecule has 0 aromatic rings. The van der Waals surface area contributed by atoms with Crippen molar-refractivity contribution >= 4 is 11.9 Å². The summed E-state index contributed by atoms with van der Waals surface area (Å²) in [4.78, 5) is 24.4. The number of nitrogens with one attached hydrogen (secondary N) is 1.